The average molecular weight is 281 g/mol. The largest absolute Gasteiger partial charge is 0.480 e. The molecule has 0 radical (unpaired) electrons. The van der Waals surface area contributed by atoms with Gasteiger partial charge >= 0.3 is 5.97 Å². The van der Waals surface area contributed by atoms with Crippen LogP contribution in [0.25, 0.3) is 0 Å². The van der Waals surface area contributed by atoms with Crippen LogP contribution in [0.4, 0.5) is 0 Å². The Morgan fingerprint density at radius 3 is 2.60 bits per heavy atom. The van der Waals surface area contributed by atoms with E-state index in [0.29, 0.717) is 26.2 Å². The molecule has 1 saturated heterocycles. The first kappa shape index (κ1) is 14.4. The topological polar surface area (TPSA) is 102 Å². The van der Waals surface area contributed by atoms with Gasteiger partial charge in [-0.3, -0.25) is 19.6 Å². The molecule has 0 aromatic carbocycles. The van der Waals surface area contributed by atoms with E-state index in [1.54, 1.807) is 4.90 Å². The van der Waals surface area contributed by atoms with Gasteiger partial charge in [-0.15, -0.1) is 5.10 Å². The molecule has 1 aromatic heterocycles. The molecule has 0 unspecified atom stereocenters. The van der Waals surface area contributed by atoms with Crippen LogP contribution in [0.5, 0.6) is 0 Å². The number of amides is 1. The summed E-state index contributed by atoms with van der Waals surface area (Å²) in [6.07, 6.45) is 1.71. The van der Waals surface area contributed by atoms with Crippen molar-refractivity contribution in [2.75, 3.05) is 32.7 Å². The zero-order valence-electron chi connectivity index (χ0n) is 11.5. The number of carboxylic acids is 1. The minimum Gasteiger partial charge on any atom is -0.480 e. The van der Waals surface area contributed by atoms with Crippen molar-refractivity contribution in [1.29, 1.82) is 0 Å². The standard InChI is InChI=1S/C12H19N5O3/c1-2-3-9-13-11(15-14-9)12(20)17-6-4-16(5-7-17)8-10(18)19/h2-8H2,1H3,(H,18,19)(H,13,14,15). The van der Waals surface area contributed by atoms with Crippen molar-refractivity contribution in [3.05, 3.63) is 11.6 Å². The molecular weight excluding hydrogens is 262 g/mol. The first-order valence-electron chi connectivity index (χ1n) is 6.75. The van der Waals surface area contributed by atoms with Gasteiger partial charge in [-0.25, -0.2) is 4.98 Å². The van der Waals surface area contributed by atoms with Crippen LogP contribution in [0.15, 0.2) is 0 Å². The average Bonchev–Trinajstić information content (AvgIpc) is 2.87. The van der Waals surface area contributed by atoms with Gasteiger partial charge in [0.2, 0.25) is 5.82 Å². The second-order valence-corrected chi connectivity index (χ2v) is 4.82. The van der Waals surface area contributed by atoms with Crippen molar-refractivity contribution in [2.24, 2.45) is 0 Å². The second kappa shape index (κ2) is 6.47. The Labute approximate surface area is 116 Å². The normalized spacial score (nSPS) is 16.4. The number of nitrogens with zero attached hydrogens (tertiary/aromatic N) is 4. The predicted octanol–water partition coefficient (Wildman–Crippen LogP) is -0.400. The van der Waals surface area contributed by atoms with E-state index in [4.69, 9.17) is 5.11 Å². The van der Waals surface area contributed by atoms with Gasteiger partial charge in [-0.05, 0) is 6.42 Å². The molecule has 110 valence electrons. The molecule has 0 spiro atoms. The molecule has 8 heteroatoms. The van der Waals surface area contributed by atoms with Gasteiger partial charge in [0.05, 0.1) is 6.54 Å². The smallest absolute Gasteiger partial charge is 0.317 e. The molecule has 1 amide bonds. The van der Waals surface area contributed by atoms with Gasteiger partial charge in [0.1, 0.15) is 5.82 Å². The second-order valence-electron chi connectivity index (χ2n) is 4.82. The van der Waals surface area contributed by atoms with Gasteiger partial charge in [0, 0.05) is 32.6 Å². The summed E-state index contributed by atoms with van der Waals surface area (Å²) < 4.78 is 0. The number of aromatic amines is 1. The number of aryl methyl sites for hydroxylation is 1. The summed E-state index contributed by atoms with van der Waals surface area (Å²) in [5.74, 6) is -0.123. The van der Waals surface area contributed by atoms with Crippen LogP contribution < -0.4 is 0 Å². The van der Waals surface area contributed by atoms with Crippen LogP contribution in [-0.4, -0.2) is 74.7 Å². The molecule has 0 bridgehead atoms. The Morgan fingerprint density at radius 1 is 1.30 bits per heavy atom. The summed E-state index contributed by atoms with van der Waals surface area (Å²) in [5, 5.41) is 15.4. The summed E-state index contributed by atoms with van der Waals surface area (Å²) in [6.45, 7) is 4.18. The number of hydrogen-bond acceptors (Lipinski definition) is 5. The van der Waals surface area contributed by atoms with Crippen LogP contribution in [-0.2, 0) is 11.2 Å². The number of rotatable bonds is 5. The quantitative estimate of drug-likeness (QED) is 0.761. The van der Waals surface area contributed by atoms with Gasteiger partial charge in [0.15, 0.2) is 0 Å². The van der Waals surface area contributed by atoms with E-state index in [-0.39, 0.29) is 18.3 Å². The highest BCUT2D eigenvalue weighted by Crippen LogP contribution is 2.06. The Hall–Kier alpha value is -1.96. The van der Waals surface area contributed by atoms with Crippen LogP contribution in [0.1, 0.15) is 29.8 Å². The predicted molar refractivity (Wildman–Crippen MR) is 70.4 cm³/mol. The number of piperazine rings is 1. The van der Waals surface area contributed by atoms with Crippen molar-refractivity contribution in [3.63, 3.8) is 0 Å². The van der Waals surface area contributed by atoms with E-state index in [2.05, 4.69) is 15.2 Å². The monoisotopic (exact) mass is 281 g/mol. The summed E-state index contributed by atoms with van der Waals surface area (Å²) >= 11 is 0. The van der Waals surface area contributed by atoms with Gasteiger partial charge in [-0.2, -0.15) is 0 Å². The van der Waals surface area contributed by atoms with Crippen LogP contribution in [0.2, 0.25) is 0 Å². The molecule has 2 heterocycles. The van der Waals surface area contributed by atoms with Crippen molar-refractivity contribution >= 4 is 11.9 Å². The summed E-state index contributed by atoms with van der Waals surface area (Å²) in [6, 6.07) is 0. The van der Waals surface area contributed by atoms with Crippen LogP contribution >= 0.6 is 0 Å². The lowest BCUT2D eigenvalue weighted by Gasteiger charge is -2.33. The van der Waals surface area contributed by atoms with Crippen molar-refractivity contribution in [2.45, 2.75) is 19.8 Å². The molecule has 1 aliphatic rings. The number of aliphatic carboxylic acids is 1. The van der Waals surface area contributed by atoms with Crippen molar-refractivity contribution in [1.82, 2.24) is 25.0 Å². The fraction of sp³-hybridized carbons (Fsp3) is 0.667. The summed E-state index contributed by atoms with van der Waals surface area (Å²) in [4.78, 5) is 30.5. The molecule has 1 fully saturated rings. The Kier molecular flexibility index (Phi) is 4.67. The Bertz CT molecular complexity index is 479. The van der Waals surface area contributed by atoms with Gasteiger partial charge < -0.3 is 10.0 Å². The molecule has 20 heavy (non-hydrogen) atoms. The van der Waals surface area contributed by atoms with Gasteiger partial charge in [-0.1, -0.05) is 6.92 Å². The Balaban J connectivity index is 1.89. The number of carboxylic acid groups (broad SMARTS) is 1. The number of carbonyl (C=O) groups excluding carboxylic acids is 1. The SMILES string of the molecule is CCCc1nc(C(=O)N2CCN(CC(=O)O)CC2)n[nH]1. The molecule has 0 atom stereocenters. The minimum absolute atomic E-state index is 0.0172. The third kappa shape index (κ3) is 3.53. The highest BCUT2D eigenvalue weighted by molar-refractivity contribution is 5.90. The first-order valence-corrected chi connectivity index (χ1v) is 6.75. The maximum atomic E-state index is 12.2. The van der Waals surface area contributed by atoms with E-state index in [9.17, 15) is 9.59 Å². The number of nitrogens with one attached hydrogen (secondary N) is 1. The van der Waals surface area contributed by atoms with Crippen molar-refractivity contribution < 1.29 is 14.7 Å². The third-order valence-corrected chi connectivity index (χ3v) is 3.23. The molecule has 0 saturated carbocycles. The highest BCUT2D eigenvalue weighted by atomic mass is 16.4. The number of aromatic nitrogens is 3. The number of H-pyrrole nitrogens is 1. The maximum Gasteiger partial charge on any atom is 0.317 e. The zero-order valence-corrected chi connectivity index (χ0v) is 11.5. The van der Waals surface area contributed by atoms with Gasteiger partial charge in [0.25, 0.3) is 5.91 Å². The fourth-order valence-electron chi connectivity index (χ4n) is 2.18. The molecule has 1 aliphatic heterocycles. The Morgan fingerprint density at radius 2 is 2.00 bits per heavy atom. The lowest BCUT2D eigenvalue weighted by molar-refractivity contribution is -0.138. The van der Waals surface area contributed by atoms with E-state index >= 15 is 0 Å². The molecule has 0 aliphatic carbocycles. The minimum atomic E-state index is -0.844. The molecule has 2 rings (SSSR count). The molecule has 1 aromatic rings. The van der Waals surface area contributed by atoms with E-state index in [1.807, 2.05) is 11.8 Å². The van der Waals surface area contributed by atoms with E-state index < -0.39 is 5.97 Å². The maximum absolute atomic E-state index is 12.2. The zero-order chi connectivity index (χ0) is 14.5. The highest BCUT2D eigenvalue weighted by Gasteiger charge is 2.25. The first-order chi connectivity index (χ1) is 9.60. The molecule has 8 nitrogen and oxygen atoms in total. The third-order valence-electron chi connectivity index (χ3n) is 3.23. The van der Waals surface area contributed by atoms with E-state index in [0.717, 1.165) is 18.7 Å². The molecular formula is C12H19N5O3. The fourth-order valence-corrected chi connectivity index (χ4v) is 2.18. The lowest BCUT2D eigenvalue weighted by atomic mass is 10.3. The number of hydrogen-bond donors (Lipinski definition) is 2. The number of carbonyl (C=O) groups is 2. The summed E-state index contributed by atoms with van der Waals surface area (Å²) in [7, 11) is 0. The molecule has 2 N–H and O–H groups in total. The van der Waals surface area contributed by atoms with E-state index in [1.165, 1.54) is 0 Å². The van der Waals surface area contributed by atoms with Crippen LogP contribution in [0.3, 0.4) is 0 Å². The summed E-state index contributed by atoms with van der Waals surface area (Å²) in [5.41, 5.74) is 0. The van der Waals surface area contributed by atoms with Crippen LogP contribution in [0, 0.1) is 0 Å². The lowest BCUT2D eigenvalue weighted by Crippen LogP contribution is -2.50. The van der Waals surface area contributed by atoms with Crippen molar-refractivity contribution in [3.8, 4) is 0 Å².